The first-order chi connectivity index (χ1) is 9.49. The fourth-order valence-electron chi connectivity index (χ4n) is 2.55. The Labute approximate surface area is 118 Å². The van der Waals surface area contributed by atoms with E-state index in [1.165, 1.54) is 24.6 Å². The van der Waals surface area contributed by atoms with Crippen LogP contribution < -0.4 is 16.6 Å². The molecular formula is C13H23N5O2. The normalized spacial score (nSPS) is 17.4. The summed E-state index contributed by atoms with van der Waals surface area (Å²) in [5.74, 6) is 0.956. The summed E-state index contributed by atoms with van der Waals surface area (Å²) >= 11 is 0. The van der Waals surface area contributed by atoms with Crippen LogP contribution in [-0.4, -0.2) is 45.9 Å². The first-order valence-electron chi connectivity index (χ1n) is 7.06. The lowest BCUT2D eigenvalue weighted by atomic mass is 9.94. The first kappa shape index (κ1) is 14.8. The molecule has 2 heterocycles. The van der Waals surface area contributed by atoms with Crippen LogP contribution in [0.5, 0.6) is 0 Å². The molecule has 0 spiro atoms. The third-order valence-electron chi connectivity index (χ3n) is 4.00. The molecule has 112 valence electrons. The van der Waals surface area contributed by atoms with Crippen molar-refractivity contribution in [3.8, 4) is 0 Å². The van der Waals surface area contributed by atoms with E-state index in [0.29, 0.717) is 5.92 Å². The van der Waals surface area contributed by atoms with Gasteiger partial charge in [-0.25, -0.2) is 9.48 Å². The smallest absolute Gasteiger partial charge is 0.346 e. The standard InChI is InChI=1S/C13H23N5O2/c1-16-8-5-10(6-9-16)4-7-14-11-12(19)17(2)13(20)18(3)15-11/h10H,4-9H2,1-3H3,(H,14,15). The molecule has 1 saturated heterocycles. The number of nitrogens with one attached hydrogen (secondary N) is 1. The maximum atomic E-state index is 11.9. The summed E-state index contributed by atoms with van der Waals surface area (Å²) in [6, 6.07) is 0. The molecule has 1 N–H and O–H groups in total. The molecule has 0 bridgehead atoms. The van der Waals surface area contributed by atoms with E-state index in [4.69, 9.17) is 0 Å². The molecule has 2 rings (SSSR count). The Bertz CT molecular complexity index is 569. The third-order valence-corrected chi connectivity index (χ3v) is 4.00. The average Bonchev–Trinajstić information content (AvgIpc) is 2.44. The van der Waals surface area contributed by atoms with Crippen molar-refractivity contribution in [1.82, 2.24) is 19.2 Å². The Morgan fingerprint density at radius 3 is 2.50 bits per heavy atom. The summed E-state index contributed by atoms with van der Waals surface area (Å²) in [6.45, 7) is 3.00. The van der Waals surface area contributed by atoms with Crippen molar-refractivity contribution in [1.29, 1.82) is 0 Å². The molecule has 0 atom stereocenters. The highest BCUT2D eigenvalue weighted by atomic mass is 16.2. The molecule has 20 heavy (non-hydrogen) atoms. The van der Waals surface area contributed by atoms with Crippen molar-refractivity contribution in [3.63, 3.8) is 0 Å². The van der Waals surface area contributed by atoms with Gasteiger partial charge < -0.3 is 10.2 Å². The average molecular weight is 281 g/mol. The Hall–Kier alpha value is -1.63. The fourth-order valence-corrected chi connectivity index (χ4v) is 2.55. The van der Waals surface area contributed by atoms with Crippen LogP contribution in [0.15, 0.2) is 9.59 Å². The second-order valence-corrected chi connectivity index (χ2v) is 5.58. The summed E-state index contributed by atoms with van der Waals surface area (Å²) < 4.78 is 2.25. The second-order valence-electron chi connectivity index (χ2n) is 5.58. The highest BCUT2D eigenvalue weighted by Gasteiger charge is 2.16. The zero-order chi connectivity index (χ0) is 14.7. The van der Waals surface area contributed by atoms with E-state index in [1.54, 1.807) is 7.05 Å². The number of anilines is 1. The minimum Gasteiger partial charge on any atom is -0.364 e. The number of likely N-dealkylation sites (tertiary alicyclic amines) is 1. The minimum absolute atomic E-state index is 0.252. The third kappa shape index (κ3) is 3.27. The summed E-state index contributed by atoms with van der Waals surface area (Å²) in [6.07, 6.45) is 3.44. The zero-order valence-corrected chi connectivity index (χ0v) is 12.4. The quantitative estimate of drug-likeness (QED) is 0.815. The van der Waals surface area contributed by atoms with Crippen LogP contribution in [-0.2, 0) is 14.1 Å². The van der Waals surface area contributed by atoms with Gasteiger partial charge in [0.2, 0.25) is 5.82 Å². The number of aryl methyl sites for hydroxylation is 1. The zero-order valence-electron chi connectivity index (χ0n) is 12.4. The van der Waals surface area contributed by atoms with E-state index in [9.17, 15) is 9.59 Å². The molecule has 1 aromatic heterocycles. The number of hydrogen-bond donors (Lipinski definition) is 1. The van der Waals surface area contributed by atoms with Gasteiger partial charge in [-0.1, -0.05) is 0 Å². The van der Waals surface area contributed by atoms with Gasteiger partial charge >= 0.3 is 5.69 Å². The molecule has 1 aromatic rings. The fraction of sp³-hybridized carbons (Fsp3) is 0.769. The summed E-state index contributed by atoms with van der Waals surface area (Å²) in [5, 5.41) is 7.04. The molecule has 0 aliphatic carbocycles. The van der Waals surface area contributed by atoms with Gasteiger partial charge in [-0.2, -0.15) is 0 Å². The molecule has 1 fully saturated rings. The molecule has 1 aliphatic rings. The van der Waals surface area contributed by atoms with Crippen molar-refractivity contribution in [2.75, 3.05) is 32.0 Å². The Kier molecular flexibility index (Phi) is 4.59. The molecule has 0 unspecified atom stereocenters. The summed E-state index contributed by atoms with van der Waals surface area (Å²) in [5.41, 5.74) is -0.771. The van der Waals surface area contributed by atoms with Gasteiger partial charge in [0.05, 0.1) is 0 Å². The van der Waals surface area contributed by atoms with Gasteiger partial charge in [-0.05, 0) is 45.3 Å². The van der Waals surface area contributed by atoms with Crippen LogP contribution in [0, 0.1) is 5.92 Å². The molecule has 7 nitrogen and oxygen atoms in total. The number of nitrogens with zero attached hydrogens (tertiary/aromatic N) is 4. The topological polar surface area (TPSA) is 72.2 Å². The molecular weight excluding hydrogens is 258 g/mol. The maximum Gasteiger partial charge on any atom is 0.346 e. The highest BCUT2D eigenvalue weighted by Crippen LogP contribution is 2.18. The lowest BCUT2D eigenvalue weighted by molar-refractivity contribution is 0.215. The lowest BCUT2D eigenvalue weighted by Crippen LogP contribution is -2.40. The van der Waals surface area contributed by atoms with E-state index < -0.39 is 5.69 Å². The lowest BCUT2D eigenvalue weighted by Gasteiger charge is -2.28. The van der Waals surface area contributed by atoms with Crippen molar-refractivity contribution in [3.05, 3.63) is 20.8 Å². The summed E-state index contributed by atoms with van der Waals surface area (Å²) in [4.78, 5) is 25.8. The maximum absolute atomic E-state index is 11.9. The van der Waals surface area contributed by atoms with Crippen LogP contribution in [0.2, 0.25) is 0 Å². The van der Waals surface area contributed by atoms with Gasteiger partial charge in [0.1, 0.15) is 0 Å². The molecule has 0 radical (unpaired) electrons. The van der Waals surface area contributed by atoms with Crippen molar-refractivity contribution < 1.29 is 0 Å². The van der Waals surface area contributed by atoms with E-state index in [1.807, 2.05) is 0 Å². The van der Waals surface area contributed by atoms with Crippen LogP contribution in [0.3, 0.4) is 0 Å². The van der Waals surface area contributed by atoms with E-state index >= 15 is 0 Å². The van der Waals surface area contributed by atoms with Crippen molar-refractivity contribution >= 4 is 5.82 Å². The number of aromatic nitrogens is 3. The molecule has 0 amide bonds. The van der Waals surface area contributed by atoms with Crippen molar-refractivity contribution in [2.45, 2.75) is 19.3 Å². The van der Waals surface area contributed by atoms with Gasteiger partial charge in [0.25, 0.3) is 5.56 Å². The van der Waals surface area contributed by atoms with Gasteiger partial charge in [0, 0.05) is 20.6 Å². The Morgan fingerprint density at radius 1 is 1.20 bits per heavy atom. The van der Waals surface area contributed by atoms with Crippen LogP contribution in [0.1, 0.15) is 19.3 Å². The second kappa shape index (κ2) is 6.21. The molecule has 1 aliphatic heterocycles. The number of piperidine rings is 1. The monoisotopic (exact) mass is 281 g/mol. The van der Waals surface area contributed by atoms with Gasteiger partial charge in [0.15, 0.2) is 0 Å². The van der Waals surface area contributed by atoms with Crippen LogP contribution in [0.25, 0.3) is 0 Å². The molecule has 0 saturated carbocycles. The predicted octanol–water partition coefficient (Wildman–Crippen LogP) is -0.377. The first-order valence-corrected chi connectivity index (χ1v) is 7.06. The largest absolute Gasteiger partial charge is 0.364 e. The number of hydrogen-bond acceptors (Lipinski definition) is 5. The molecule has 7 heteroatoms. The van der Waals surface area contributed by atoms with E-state index in [2.05, 4.69) is 22.4 Å². The predicted molar refractivity (Wildman–Crippen MR) is 78.0 cm³/mol. The minimum atomic E-state index is -0.407. The highest BCUT2D eigenvalue weighted by molar-refractivity contribution is 5.29. The van der Waals surface area contributed by atoms with Crippen LogP contribution >= 0.6 is 0 Å². The summed E-state index contributed by atoms with van der Waals surface area (Å²) in [7, 11) is 5.16. The van der Waals surface area contributed by atoms with Gasteiger partial charge in [-0.3, -0.25) is 9.36 Å². The van der Waals surface area contributed by atoms with E-state index in [-0.39, 0.29) is 11.4 Å². The number of rotatable bonds is 4. The van der Waals surface area contributed by atoms with Crippen LogP contribution in [0.4, 0.5) is 5.82 Å². The Morgan fingerprint density at radius 2 is 1.85 bits per heavy atom. The van der Waals surface area contributed by atoms with E-state index in [0.717, 1.165) is 30.6 Å². The Balaban J connectivity index is 1.92. The van der Waals surface area contributed by atoms with Crippen molar-refractivity contribution in [2.24, 2.45) is 20.0 Å². The SMILES string of the molecule is CN1CCC(CCNc2nn(C)c(=O)n(C)c2=O)CC1. The van der Waals surface area contributed by atoms with Gasteiger partial charge in [-0.15, -0.1) is 5.10 Å². The molecule has 0 aromatic carbocycles.